The third-order valence-electron chi connectivity index (χ3n) is 4.37. The van der Waals surface area contributed by atoms with Crippen molar-refractivity contribution in [2.45, 2.75) is 53.9 Å². The van der Waals surface area contributed by atoms with Crippen molar-refractivity contribution in [1.29, 1.82) is 0 Å². The second kappa shape index (κ2) is 10.9. The number of hydrogen-bond acceptors (Lipinski definition) is 1. The molecule has 0 N–H and O–H groups in total. The summed E-state index contributed by atoms with van der Waals surface area (Å²) in [6.45, 7) is 12.0. The molecule has 132 valence electrons. The Balaban J connectivity index is 0.000000218. The highest BCUT2D eigenvalue weighted by Gasteiger charge is 2.14. The van der Waals surface area contributed by atoms with Gasteiger partial charge >= 0.3 is 0 Å². The summed E-state index contributed by atoms with van der Waals surface area (Å²) in [7, 11) is 0. The molecule has 1 unspecified atom stereocenters. The molecule has 0 aromatic heterocycles. The largest absolute Gasteiger partial charge is 0.343 e. The zero-order valence-electron chi connectivity index (χ0n) is 16.0. The summed E-state index contributed by atoms with van der Waals surface area (Å²) in [5, 5.41) is 2.64. The van der Waals surface area contributed by atoms with Crippen LogP contribution in [0.1, 0.15) is 52.5 Å². The van der Waals surface area contributed by atoms with Crippen LogP contribution in [0.4, 0.5) is 0 Å². The maximum Gasteiger partial charge on any atom is 0.219 e. The lowest BCUT2D eigenvalue weighted by Crippen LogP contribution is -2.29. The molecular formula is C22H33NO. The molecule has 1 fully saturated rings. The molecule has 2 aromatic carbocycles. The molecule has 1 aliphatic rings. The minimum absolute atomic E-state index is 0.235. The van der Waals surface area contributed by atoms with Gasteiger partial charge in [-0.15, -0.1) is 0 Å². The standard InChI is InChI=1S/C11H10.C9H17NO.C2H6/c1-9-6-7-10-4-2-3-5-11(10)8-9;1-8-4-3-6-10(7-5-8)9(2)11;1-2/h2-8H,1H3;8H,3-7H2,1-2H3;1-2H3. The van der Waals surface area contributed by atoms with Gasteiger partial charge in [0.2, 0.25) is 5.91 Å². The van der Waals surface area contributed by atoms with E-state index in [1.807, 2.05) is 18.7 Å². The second-order valence-corrected chi connectivity index (χ2v) is 6.39. The monoisotopic (exact) mass is 327 g/mol. The first-order valence-corrected chi connectivity index (χ1v) is 9.27. The Bertz CT molecular complexity index is 620. The Labute approximate surface area is 147 Å². The van der Waals surface area contributed by atoms with Crippen molar-refractivity contribution in [3.63, 3.8) is 0 Å². The molecule has 2 aromatic rings. The van der Waals surface area contributed by atoms with Gasteiger partial charge in [-0.2, -0.15) is 0 Å². The molecule has 0 aliphatic carbocycles. The van der Waals surface area contributed by atoms with Gasteiger partial charge in [0.1, 0.15) is 0 Å². The number of carbonyl (C=O) groups is 1. The number of hydrogen-bond donors (Lipinski definition) is 0. The predicted octanol–water partition coefficient (Wildman–Crippen LogP) is 5.83. The molecule has 0 bridgehead atoms. The van der Waals surface area contributed by atoms with E-state index in [9.17, 15) is 4.79 Å². The minimum Gasteiger partial charge on any atom is -0.343 e. The van der Waals surface area contributed by atoms with Crippen molar-refractivity contribution in [2.75, 3.05) is 13.1 Å². The van der Waals surface area contributed by atoms with E-state index in [1.54, 1.807) is 6.92 Å². The van der Waals surface area contributed by atoms with Gasteiger partial charge in [0.05, 0.1) is 0 Å². The van der Waals surface area contributed by atoms with Crippen molar-refractivity contribution in [3.05, 3.63) is 48.0 Å². The first-order chi connectivity index (χ1) is 11.6. The van der Waals surface area contributed by atoms with Crippen LogP contribution in [0, 0.1) is 12.8 Å². The van der Waals surface area contributed by atoms with E-state index in [1.165, 1.54) is 35.6 Å². The first-order valence-electron chi connectivity index (χ1n) is 9.27. The lowest BCUT2D eigenvalue weighted by molar-refractivity contribution is -0.128. The van der Waals surface area contributed by atoms with Crippen LogP contribution in [0.3, 0.4) is 0 Å². The molecule has 0 radical (unpaired) electrons. The molecule has 0 spiro atoms. The van der Waals surface area contributed by atoms with Gasteiger partial charge in [-0.05, 0) is 42.9 Å². The third kappa shape index (κ3) is 6.74. The zero-order valence-corrected chi connectivity index (χ0v) is 16.0. The number of benzene rings is 2. The summed E-state index contributed by atoms with van der Waals surface area (Å²) in [6.07, 6.45) is 3.64. The molecule has 24 heavy (non-hydrogen) atoms. The number of likely N-dealkylation sites (tertiary alicyclic amines) is 1. The van der Waals surface area contributed by atoms with Gasteiger partial charge in [-0.25, -0.2) is 0 Å². The van der Waals surface area contributed by atoms with Crippen LogP contribution in [0.15, 0.2) is 42.5 Å². The Kier molecular flexibility index (Phi) is 9.14. The van der Waals surface area contributed by atoms with E-state index < -0.39 is 0 Å². The summed E-state index contributed by atoms with van der Waals surface area (Å²) in [5.74, 6) is 1.04. The molecule has 3 rings (SSSR count). The number of rotatable bonds is 0. The van der Waals surface area contributed by atoms with Crippen LogP contribution in [0.25, 0.3) is 10.8 Å². The third-order valence-corrected chi connectivity index (χ3v) is 4.37. The van der Waals surface area contributed by atoms with E-state index in [2.05, 4.69) is 56.3 Å². The summed E-state index contributed by atoms with van der Waals surface area (Å²) in [5.41, 5.74) is 1.32. The molecule has 2 heteroatoms. The van der Waals surface area contributed by atoms with Crippen molar-refractivity contribution >= 4 is 16.7 Å². The van der Waals surface area contributed by atoms with Gasteiger partial charge < -0.3 is 4.90 Å². The number of nitrogens with zero attached hydrogens (tertiary/aromatic N) is 1. The van der Waals surface area contributed by atoms with Gasteiger partial charge in [-0.1, -0.05) is 68.8 Å². The van der Waals surface area contributed by atoms with E-state index in [-0.39, 0.29) is 5.91 Å². The lowest BCUT2D eigenvalue weighted by Gasteiger charge is -2.17. The molecule has 1 atom stereocenters. The van der Waals surface area contributed by atoms with Gasteiger partial charge in [0, 0.05) is 20.0 Å². The van der Waals surface area contributed by atoms with E-state index in [0.717, 1.165) is 19.0 Å². The zero-order chi connectivity index (χ0) is 17.9. The molecular weight excluding hydrogens is 294 g/mol. The topological polar surface area (TPSA) is 20.3 Å². The van der Waals surface area contributed by atoms with Crippen LogP contribution in [0.2, 0.25) is 0 Å². The Morgan fingerprint density at radius 3 is 2.33 bits per heavy atom. The van der Waals surface area contributed by atoms with Crippen LogP contribution in [0.5, 0.6) is 0 Å². The molecule has 2 nitrogen and oxygen atoms in total. The fraction of sp³-hybridized carbons (Fsp3) is 0.500. The van der Waals surface area contributed by atoms with Crippen LogP contribution >= 0.6 is 0 Å². The Morgan fingerprint density at radius 2 is 1.67 bits per heavy atom. The van der Waals surface area contributed by atoms with E-state index in [4.69, 9.17) is 0 Å². The molecule has 1 aliphatic heterocycles. The minimum atomic E-state index is 0.235. The first kappa shape index (κ1) is 20.2. The Hall–Kier alpha value is -1.83. The summed E-state index contributed by atoms with van der Waals surface area (Å²) < 4.78 is 0. The average Bonchev–Trinajstić information content (AvgIpc) is 2.82. The normalized spacial score (nSPS) is 17.0. The molecule has 0 saturated carbocycles. The van der Waals surface area contributed by atoms with E-state index >= 15 is 0 Å². The number of amides is 1. The highest BCUT2D eigenvalue weighted by atomic mass is 16.2. The van der Waals surface area contributed by atoms with Crippen LogP contribution < -0.4 is 0 Å². The fourth-order valence-corrected chi connectivity index (χ4v) is 2.89. The number of aryl methyl sites for hydroxylation is 1. The molecule has 1 amide bonds. The summed E-state index contributed by atoms with van der Waals surface area (Å²) in [6, 6.07) is 14.9. The van der Waals surface area contributed by atoms with Crippen molar-refractivity contribution < 1.29 is 4.79 Å². The fourth-order valence-electron chi connectivity index (χ4n) is 2.89. The van der Waals surface area contributed by atoms with Gasteiger partial charge in [-0.3, -0.25) is 4.79 Å². The number of fused-ring (bicyclic) bond motifs is 1. The maximum absolute atomic E-state index is 11.0. The predicted molar refractivity (Wildman–Crippen MR) is 105 cm³/mol. The SMILES string of the molecule is CC.CC(=O)N1CCCC(C)CC1.Cc1ccc2ccccc2c1. The Morgan fingerprint density at radius 1 is 1.00 bits per heavy atom. The summed E-state index contributed by atoms with van der Waals surface area (Å²) in [4.78, 5) is 12.9. The van der Waals surface area contributed by atoms with Crippen LogP contribution in [-0.2, 0) is 4.79 Å². The van der Waals surface area contributed by atoms with Crippen molar-refractivity contribution in [3.8, 4) is 0 Å². The van der Waals surface area contributed by atoms with E-state index in [0.29, 0.717) is 0 Å². The number of carbonyl (C=O) groups excluding carboxylic acids is 1. The average molecular weight is 328 g/mol. The maximum atomic E-state index is 11.0. The quantitative estimate of drug-likeness (QED) is 0.596. The van der Waals surface area contributed by atoms with Gasteiger partial charge in [0.15, 0.2) is 0 Å². The molecule has 1 heterocycles. The summed E-state index contributed by atoms with van der Waals surface area (Å²) >= 11 is 0. The highest BCUT2D eigenvalue weighted by molar-refractivity contribution is 5.82. The highest BCUT2D eigenvalue weighted by Crippen LogP contribution is 2.16. The van der Waals surface area contributed by atoms with Crippen molar-refractivity contribution in [2.24, 2.45) is 5.92 Å². The van der Waals surface area contributed by atoms with Crippen LogP contribution in [-0.4, -0.2) is 23.9 Å². The second-order valence-electron chi connectivity index (χ2n) is 6.39. The smallest absolute Gasteiger partial charge is 0.219 e. The molecule has 1 saturated heterocycles. The van der Waals surface area contributed by atoms with Gasteiger partial charge in [0.25, 0.3) is 0 Å². The lowest BCUT2D eigenvalue weighted by atomic mass is 10.0. The van der Waals surface area contributed by atoms with Crippen molar-refractivity contribution in [1.82, 2.24) is 4.90 Å².